The molecule has 0 spiro atoms. The summed E-state index contributed by atoms with van der Waals surface area (Å²) in [7, 11) is 1.58. The fourth-order valence-corrected chi connectivity index (χ4v) is 1.83. The van der Waals surface area contributed by atoms with Crippen molar-refractivity contribution in [1.82, 2.24) is 0 Å². The second-order valence-corrected chi connectivity index (χ2v) is 3.51. The Morgan fingerprint density at radius 1 is 1.53 bits per heavy atom. The Morgan fingerprint density at radius 3 is 3.00 bits per heavy atom. The van der Waals surface area contributed by atoms with Crippen LogP contribution in [0, 0.1) is 0 Å². The highest BCUT2D eigenvalue weighted by Crippen LogP contribution is 2.30. The van der Waals surface area contributed by atoms with Crippen molar-refractivity contribution in [3.63, 3.8) is 0 Å². The highest BCUT2D eigenvalue weighted by Gasteiger charge is 2.22. The van der Waals surface area contributed by atoms with Crippen LogP contribution in [0.15, 0.2) is 30.4 Å². The van der Waals surface area contributed by atoms with E-state index in [4.69, 9.17) is 9.84 Å². The summed E-state index contributed by atoms with van der Waals surface area (Å²) in [6.07, 6.45) is 4.42. The van der Waals surface area contributed by atoms with Gasteiger partial charge >= 0.3 is 5.97 Å². The quantitative estimate of drug-likeness (QED) is 0.749. The number of methoxy groups -OCH3 is 1. The molecular weight excluding hydrogens is 192 g/mol. The smallest absolute Gasteiger partial charge is 0.314 e. The van der Waals surface area contributed by atoms with Crippen molar-refractivity contribution in [3.05, 3.63) is 41.5 Å². The molecule has 1 N–H and O–H groups in total. The van der Waals surface area contributed by atoms with Gasteiger partial charge in [0.05, 0.1) is 7.11 Å². The number of aliphatic carboxylic acids is 1. The Hall–Kier alpha value is -1.77. The molecule has 1 aromatic rings. The van der Waals surface area contributed by atoms with E-state index in [9.17, 15) is 4.79 Å². The molecule has 3 nitrogen and oxygen atoms in total. The van der Waals surface area contributed by atoms with Gasteiger partial charge in [0.15, 0.2) is 0 Å². The lowest BCUT2D eigenvalue weighted by atomic mass is 9.88. The highest BCUT2D eigenvalue weighted by molar-refractivity contribution is 5.80. The summed E-state index contributed by atoms with van der Waals surface area (Å²) in [5, 5.41) is 9.06. The number of benzene rings is 1. The second kappa shape index (κ2) is 3.77. The number of ether oxygens (including phenoxy) is 1. The molecule has 78 valence electrons. The number of carboxylic acids is 1. The van der Waals surface area contributed by atoms with E-state index in [2.05, 4.69) is 0 Å². The van der Waals surface area contributed by atoms with Crippen molar-refractivity contribution in [2.45, 2.75) is 12.3 Å². The van der Waals surface area contributed by atoms with Gasteiger partial charge < -0.3 is 9.84 Å². The monoisotopic (exact) mass is 204 g/mol. The first-order valence-corrected chi connectivity index (χ1v) is 4.78. The zero-order chi connectivity index (χ0) is 10.8. The Bertz CT molecular complexity index is 421. The van der Waals surface area contributed by atoms with Gasteiger partial charge in [-0.15, -0.1) is 0 Å². The van der Waals surface area contributed by atoms with Crippen molar-refractivity contribution in [1.29, 1.82) is 0 Å². The zero-order valence-electron chi connectivity index (χ0n) is 8.43. The second-order valence-electron chi connectivity index (χ2n) is 3.51. The molecule has 2 rings (SSSR count). The van der Waals surface area contributed by atoms with Gasteiger partial charge in [-0.05, 0) is 29.7 Å². The van der Waals surface area contributed by atoms with E-state index in [1.54, 1.807) is 19.3 Å². The van der Waals surface area contributed by atoms with Crippen LogP contribution in [-0.2, 0) is 11.2 Å². The lowest BCUT2D eigenvalue weighted by Crippen LogP contribution is -2.14. The summed E-state index contributed by atoms with van der Waals surface area (Å²) in [6, 6.07) is 5.59. The maximum absolute atomic E-state index is 11.0. The third-order valence-corrected chi connectivity index (χ3v) is 2.62. The van der Waals surface area contributed by atoms with Crippen LogP contribution in [0.1, 0.15) is 17.0 Å². The largest absolute Gasteiger partial charge is 0.497 e. The third-order valence-electron chi connectivity index (χ3n) is 2.62. The summed E-state index contributed by atoms with van der Waals surface area (Å²) in [4.78, 5) is 11.0. The molecule has 0 heterocycles. The molecule has 0 saturated heterocycles. The zero-order valence-corrected chi connectivity index (χ0v) is 8.43. The van der Waals surface area contributed by atoms with Gasteiger partial charge in [0, 0.05) is 0 Å². The molecule has 0 aromatic heterocycles. The molecule has 0 bridgehead atoms. The van der Waals surface area contributed by atoms with Crippen LogP contribution in [-0.4, -0.2) is 18.2 Å². The molecular formula is C12H12O3. The van der Waals surface area contributed by atoms with Crippen LogP contribution in [0.5, 0.6) is 5.75 Å². The average molecular weight is 204 g/mol. The van der Waals surface area contributed by atoms with E-state index in [1.807, 2.05) is 18.2 Å². The van der Waals surface area contributed by atoms with Gasteiger partial charge in [0.1, 0.15) is 11.7 Å². The molecule has 0 fully saturated rings. The topological polar surface area (TPSA) is 46.5 Å². The molecule has 1 aliphatic carbocycles. The van der Waals surface area contributed by atoms with Crippen LogP contribution in [0.4, 0.5) is 0 Å². The van der Waals surface area contributed by atoms with Crippen LogP contribution < -0.4 is 4.74 Å². The number of allylic oxidation sites excluding steroid dienone is 1. The number of carboxylic acid groups (broad SMARTS) is 1. The van der Waals surface area contributed by atoms with E-state index in [0.29, 0.717) is 5.75 Å². The predicted octanol–water partition coefficient (Wildman–Crippen LogP) is 1.98. The van der Waals surface area contributed by atoms with Crippen LogP contribution in [0.2, 0.25) is 0 Å². The molecule has 0 saturated carbocycles. The first kappa shape index (κ1) is 9.77. The summed E-state index contributed by atoms with van der Waals surface area (Å²) >= 11 is 0. The minimum atomic E-state index is -0.819. The Morgan fingerprint density at radius 2 is 2.33 bits per heavy atom. The molecule has 0 radical (unpaired) electrons. The maximum Gasteiger partial charge on any atom is 0.314 e. The molecule has 3 heteroatoms. The Labute approximate surface area is 88.0 Å². The van der Waals surface area contributed by atoms with E-state index < -0.39 is 11.9 Å². The van der Waals surface area contributed by atoms with E-state index in [-0.39, 0.29) is 0 Å². The van der Waals surface area contributed by atoms with Crippen molar-refractivity contribution in [2.75, 3.05) is 7.11 Å². The molecule has 1 aromatic carbocycles. The minimum absolute atomic E-state index is 0.538. The SMILES string of the molecule is COc1ccc2c(c1)[C@H](C(=O)O)C=CC2. The van der Waals surface area contributed by atoms with E-state index in [0.717, 1.165) is 17.5 Å². The fourth-order valence-electron chi connectivity index (χ4n) is 1.83. The number of carbonyl (C=O) groups is 1. The van der Waals surface area contributed by atoms with Crippen LogP contribution >= 0.6 is 0 Å². The van der Waals surface area contributed by atoms with Gasteiger partial charge in [-0.2, -0.15) is 0 Å². The predicted molar refractivity (Wildman–Crippen MR) is 56.2 cm³/mol. The summed E-state index contributed by atoms with van der Waals surface area (Å²) in [6.45, 7) is 0. The first-order chi connectivity index (χ1) is 7.22. The lowest BCUT2D eigenvalue weighted by Gasteiger charge is -2.18. The Balaban J connectivity index is 2.47. The Kier molecular flexibility index (Phi) is 2.46. The standard InChI is InChI=1S/C12H12O3/c1-15-9-6-5-8-3-2-4-10(12(13)14)11(8)7-9/h2,4-7,10H,3H2,1H3,(H,13,14)/t10-/m1/s1. The molecule has 0 aliphatic heterocycles. The number of fused-ring (bicyclic) bond motifs is 1. The average Bonchev–Trinajstić information content (AvgIpc) is 2.27. The molecule has 0 unspecified atom stereocenters. The summed E-state index contributed by atoms with van der Waals surface area (Å²) in [5.74, 6) is -0.653. The van der Waals surface area contributed by atoms with Gasteiger partial charge in [-0.25, -0.2) is 0 Å². The lowest BCUT2D eigenvalue weighted by molar-refractivity contribution is -0.137. The minimum Gasteiger partial charge on any atom is -0.497 e. The highest BCUT2D eigenvalue weighted by atomic mass is 16.5. The summed E-state index contributed by atoms with van der Waals surface area (Å²) < 4.78 is 5.09. The normalized spacial score (nSPS) is 18.3. The van der Waals surface area contributed by atoms with Crippen LogP contribution in [0.25, 0.3) is 0 Å². The van der Waals surface area contributed by atoms with Crippen molar-refractivity contribution in [3.8, 4) is 5.75 Å². The van der Waals surface area contributed by atoms with Gasteiger partial charge in [-0.3, -0.25) is 4.79 Å². The van der Waals surface area contributed by atoms with Gasteiger partial charge in [0.2, 0.25) is 0 Å². The molecule has 1 aliphatic rings. The fraction of sp³-hybridized carbons (Fsp3) is 0.250. The summed E-state index contributed by atoms with van der Waals surface area (Å²) in [5.41, 5.74) is 1.90. The van der Waals surface area contributed by atoms with E-state index >= 15 is 0 Å². The molecule has 1 atom stereocenters. The number of rotatable bonds is 2. The maximum atomic E-state index is 11.0. The third kappa shape index (κ3) is 1.73. The van der Waals surface area contributed by atoms with Crippen molar-refractivity contribution >= 4 is 5.97 Å². The van der Waals surface area contributed by atoms with Crippen molar-refractivity contribution in [2.24, 2.45) is 0 Å². The number of hydrogen-bond donors (Lipinski definition) is 1. The number of hydrogen-bond acceptors (Lipinski definition) is 2. The van der Waals surface area contributed by atoms with E-state index in [1.165, 1.54) is 0 Å². The molecule has 0 amide bonds. The van der Waals surface area contributed by atoms with Gasteiger partial charge in [0.25, 0.3) is 0 Å². The van der Waals surface area contributed by atoms with Crippen molar-refractivity contribution < 1.29 is 14.6 Å². The van der Waals surface area contributed by atoms with Gasteiger partial charge in [-0.1, -0.05) is 18.2 Å². The van der Waals surface area contributed by atoms with Crippen LogP contribution in [0.3, 0.4) is 0 Å². The molecule has 15 heavy (non-hydrogen) atoms. The first-order valence-electron chi connectivity index (χ1n) is 4.78.